The predicted octanol–water partition coefficient (Wildman–Crippen LogP) is 2.75. The molecule has 1 aliphatic carbocycles. The lowest BCUT2D eigenvalue weighted by molar-refractivity contribution is -0.122. The van der Waals surface area contributed by atoms with Crippen molar-refractivity contribution in [3.8, 4) is 0 Å². The van der Waals surface area contributed by atoms with E-state index < -0.39 is 0 Å². The lowest BCUT2D eigenvalue weighted by atomic mass is 10.0. The van der Waals surface area contributed by atoms with Crippen LogP contribution in [0.25, 0.3) is 10.2 Å². The van der Waals surface area contributed by atoms with Gasteiger partial charge in [-0.2, -0.15) is 0 Å². The fourth-order valence-electron chi connectivity index (χ4n) is 2.82. The third kappa shape index (κ3) is 2.77. The SMILES string of the molecule is Cn1c(=NNC(=O)CC2CCCC2)sc2ccccc21. The fourth-order valence-corrected chi connectivity index (χ4v) is 3.80. The van der Waals surface area contributed by atoms with Gasteiger partial charge in [0.05, 0.1) is 10.2 Å². The number of nitrogens with zero attached hydrogens (tertiary/aromatic N) is 2. The van der Waals surface area contributed by atoms with Crippen LogP contribution in [0, 0.1) is 5.92 Å². The van der Waals surface area contributed by atoms with Crippen LogP contribution in [-0.4, -0.2) is 10.5 Å². The van der Waals surface area contributed by atoms with Crippen LogP contribution in [0.1, 0.15) is 32.1 Å². The van der Waals surface area contributed by atoms with E-state index in [9.17, 15) is 4.79 Å². The Hall–Kier alpha value is -1.62. The lowest BCUT2D eigenvalue weighted by Gasteiger charge is -2.06. The molecule has 5 heteroatoms. The molecule has 1 heterocycles. The number of benzene rings is 1. The van der Waals surface area contributed by atoms with E-state index >= 15 is 0 Å². The van der Waals surface area contributed by atoms with Gasteiger partial charge in [-0.1, -0.05) is 36.3 Å². The Morgan fingerprint density at radius 1 is 1.40 bits per heavy atom. The molecule has 1 N–H and O–H groups in total. The van der Waals surface area contributed by atoms with Gasteiger partial charge in [0.1, 0.15) is 0 Å². The zero-order valence-corrected chi connectivity index (χ0v) is 12.4. The van der Waals surface area contributed by atoms with E-state index in [1.165, 1.54) is 30.4 Å². The van der Waals surface area contributed by atoms with Crippen molar-refractivity contribution in [1.29, 1.82) is 0 Å². The minimum Gasteiger partial charge on any atom is -0.318 e. The maximum atomic E-state index is 11.9. The Balaban J connectivity index is 1.73. The summed E-state index contributed by atoms with van der Waals surface area (Å²) >= 11 is 1.59. The Morgan fingerprint density at radius 2 is 2.15 bits per heavy atom. The zero-order chi connectivity index (χ0) is 13.9. The Bertz CT molecular complexity index is 680. The molecule has 4 nitrogen and oxygen atoms in total. The van der Waals surface area contributed by atoms with E-state index in [-0.39, 0.29) is 5.91 Å². The maximum absolute atomic E-state index is 11.9. The molecule has 0 spiro atoms. The molecule has 2 aromatic rings. The smallest absolute Gasteiger partial charge is 0.240 e. The summed E-state index contributed by atoms with van der Waals surface area (Å²) in [5.74, 6) is 0.593. The molecule has 0 aliphatic heterocycles. The highest BCUT2D eigenvalue weighted by Crippen LogP contribution is 2.27. The minimum atomic E-state index is 0.0364. The number of rotatable bonds is 3. The molecule has 0 atom stereocenters. The number of aryl methyl sites for hydroxylation is 1. The van der Waals surface area contributed by atoms with Gasteiger partial charge < -0.3 is 4.57 Å². The van der Waals surface area contributed by atoms with Crippen LogP contribution in [-0.2, 0) is 11.8 Å². The van der Waals surface area contributed by atoms with Gasteiger partial charge >= 0.3 is 0 Å². The maximum Gasteiger partial charge on any atom is 0.240 e. The molecular formula is C15H19N3OS. The van der Waals surface area contributed by atoms with E-state index in [2.05, 4.69) is 22.7 Å². The van der Waals surface area contributed by atoms with Gasteiger partial charge in [0.15, 0.2) is 0 Å². The van der Waals surface area contributed by atoms with Crippen LogP contribution < -0.4 is 10.2 Å². The summed E-state index contributed by atoms with van der Waals surface area (Å²) in [6, 6.07) is 8.16. The van der Waals surface area contributed by atoms with Crippen molar-refractivity contribution in [2.24, 2.45) is 18.1 Å². The molecule has 20 heavy (non-hydrogen) atoms. The van der Waals surface area contributed by atoms with E-state index in [0.29, 0.717) is 12.3 Å². The molecule has 1 amide bonds. The first kappa shape index (κ1) is 13.4. The number of thiazole rings is 1. The second-order valence-corrected chi connectivity index (χ2v) is 6.42. The van der Waals surface area contributed by atoms with Crippen molar-refractivity contribution in [1.82, 2.24) is 9.99 Å². The zero-order valence-electron chi connectivity index (χ0n) is 11.6. The molecular weight excluding hydrogens is 270 g/mol. The average molecular weight is 289 g/mol. The number of fused-ring (bicyclic) bond motifs is 1. The number of aromatic nitrogens is 1. The summed E-state index contributed by atoms with van der Waals surface area (Å²) in [5.41, 5.74) is 3.84. The largest absolute Gasteiger partial charge is 0.318 e. The molecule has 1 fully saturated rings. The van der Waals surface area contributed by atoms with Crippen molar-refractivity contribution < 1.29 is 4.79 Å². The topological polar surface area (TPSA) is 46.4 Å². The molecule has 106 valence electrons. The number of hydrogen-bond donors (Lipinski definition) is 1. The third-order valence-electron chi connectivity index (χ3n) is 3.94. The summed E-state index contributed by atoms with van der Waals surface area (Å²) in [6.07, 6.45) is 5.51. The van der Waals surface area contributed by atoms with Gasteiger partial charge in [-0.05, 0) is 30.9 Å². The van der Waals surface area contributed by atoms with Crippen LogP contribution in [0.4, 0.5) is 0 Å². The number of carbonyl (C=O) groups excluding carboxylic acids is 1. The highest BCUT2D eigenvalue weighted by Gasteiger charge is 2.18. The van der Waals surface area contributed by atoms with Crippen molar-refractivity contribution in [3.05, 3.63) is 29.1 Å². The molecule has 0 unspecified atom stereocenters. The van der Waals surface area contributed by atoms with Crippen molar-refractivity contribution in [2.45, 2.75) is 32.1 Å². The molecule has 0 radical (unpaired) electrons. The molecule has 1 aromatic heterocycles. The number of para-hydroxylation sites is 1. The summed E-state index contributed by atoms with van der Waals surface area (Å²) in [5, 5.41) is 4.27. The van der Waals surface area contributed by atoms with Crippen molar-refractivity contribution >= 4 is 27.5 Å². The van der Waals surface area contributed by atoms with Gasteiger partial charge in [0.25, 0.3) is 0 Å². The molecule has 1 aromatic carbocycles. The van der Waals surface area contributed by atoms with Crippen molar-refractivity contribution in [3.63, 3.8) is 0 Å². The number of carbonyl (C=O) groups is 1. The quantitative estimate of drug-likeness (QED) is 0.868. The lowest BCUT2D eigenvalue weighted by Crippen LogP contribution is -2.24. The van der Waals surface area contributed by atoms with E-state index in [1.54, 1.807) is 11.3 Å². The molecule has 0 bridgehead atoms. The summed E-state index contributed by atoms with van der Waals surface area (Å²) in [6.45, 7) is 0. The Morgan fingerprint density at radius 3 is 2.90 bits per heavy atom. The Labute approximate surface area is 122 Å². The van der Waals surface area contributed by atoms with E-state index in [0.717, 1.165) is 10.3 Å². The van der Waals surface area contributed by atoms with E-state index in [4.69, 9.17) is 0 Å². The monoisotopic (exact) mass is 289 g/mol. The average Bonchev–Trinajstić information content (AvgIpc) is 3.06. The van der Waals surface area contributed by atoms with Crippen LogP contribution in [0.15, 0.2) is 29.4 Å². The predicted molar refractivity (Wildman–Crippen MR) is 81.1 cm³/mol. The second-order valence-electron chi connectivity index (χ2n) is 5.41. The van der Waals surface area contributed by atoms with Crippen LogP contribution in [0.2, 0.25) is 0 Å². The van der Waals surface area contributed by atoms with E-state index in [1.807, 2.05) is 23.7 Å². The van der Waals surface area contributed by atoms with Gasteiger partial charge in [0, 0.05) is 13.5 Å². The van der Waals surface area contributed by atoms with Crippen LogP contribution >= 0.6 is 11.3 Å². The summed E-state index contributed by atoms with van der Waals surface area (Å²) in [7, 11) is 1.97. The number of nitrogens with one attached hydrogen (secondary N) is 1. The second kappa shape index (κ2) is 5.79. The van der Waals surface area contributed by atoms with Crippen molar-refractivity contribution in [2.75, 3.05) is 0 Å². The van der Waals surface area contributed by atoms with Gasteiger partial charge in [-0.3, -0.25) is 4.79 Å². The Kier molecular flexibility index (Phi) is 3.87. The van der Waals surface area contributed by atoms with Gasteiger partial charge in [-0.15, -0.1) is 5.10 Å². The fraction of sp³-hybridized carbons (Fsp3) is 0.467. The number of hydrogen-bond acceptors (Lipinski definition) is 3. The highest BCUT2D eigenvalue weighted by atomic mass is 32.1. The first-order chi connectivity index (χ1) is 9.74. The minimum absolute atomic E-state index is 0.0364. The number of amides is 1. The normalized spacial score (nSPS) is 16.9. The summed E-state index contributed by atoms with van der Waals surface area (Å²) in [4.78, 5) is 12.7. The third-order valence-corrected chi connectivity index (χ3v) is 5.05. The van der Waals surface area contributed by atoms with Gasteiger partial charge in [-0.25, -0.2) is 5.43 Å². The summed E-state index contributed by atoms with van der Waals surface area (Å²) < 4.78 is 3.19. The molecule has 3 rings (SSSR count). The molecule has 0 saturated heterocycles. The molecule has 1 saturated carbocycles. The first-order valence-corrected chi connectivity index (χ1v) is 7.93. The highest BCUT2D eigenvalue weighted by molar-refractivity contribution is 7.16. The molecule has 1 aliphatic rings. The first-order valence-electron chi connectivity index (χ1n) is 7.11. The van der Waals surface area contributed by atoms with Crippen LogP contribution in [0.3, 0.4) is 0 Å². The van der Waals surface area contributed by atoms with Crippen LogP contribution in [0.5, 0.6) is 0 Å². The standard InChI is InChI=1S/C15H19N3OS/c1-18-12-8-4-5-9-13(12)20-15(18)17-16-14(19)10-11-6-2-3-7-11/h4-5,8-9,11H,2-3,6-7,10H2,1H3,(H,16,19). The van der Waals surface area contributed by atoms with Gasteiger partial charge in [0.2, 0.25) is 10.7 Å².